The Kier molecular flexibility index (Phi) is 6.51. The zero-order chi connectivity index (χ0) is 22.8. The van der Waals surface area contributed by atoms with Crippen LogP contribution in [0.15, 0.2) is 42.0 Å². The predicted octanol–water partition coefficient (Wildman–Crippen LogP) is 3.38. The van der Waals surface area contributed by atoms with Crippen molar-refractivity contribution in [2.24, 2.45) is 22.7 Å². The Hall–Kier alpha value is -2.73. The first-order valence-corrected chi connectivity index (χ1v) is 10.5. The van der Waals surface area contributed by atoms with Gasteiger partial charge in [0.2, 0.25) is 0 Å². The van der Waals surface area contributed by atoms with Crippen molar-refractivity contribution in [3.05, 3.63) is 47.6 Å². The minimum absolute atomic E-state index is 0.244. The van der Waals surface area contributed by atoms with Crippen LogP contribution in [-0.2, 0) is 19.1 Å². The molecular weight excluding hydrogens is 396 g/mol. The van der Waals surface area contributed by atoms with Gasteiger partial charge in [-0.15, -0.1) is 0 Å². The number of ether oxygens (including phenoxy) is 2. The number of aldehydes is 2. The van der Waals surface area contributed by atoms with Gasteiger partial charge in [0.1, 0.15) is 24.4 Å². The number of rotatable bonds is 6. The summed E-state index contributed by atoms with van der Waals surface area (Å²) < 4.78 is 11.0. The minimum Gasteiger partial charge on any atom is -0.497 e. The van der Waals surface area contributed by atoms with Crippen LogP contribution in [-0.4, -0.2) is 43.0 Å². The molecule has 0 spiro atoms. The molecule has 0 aliphatic heterocycles. The molecule has 1 N–H and O–H groups in total. The Balaban J connectivity index is 1.87. The average molecular weight is 427 g/mol. The van der Waals surface area contributed by atoms with Crippen LogP contribution in [0, 0.1) is 22.7 Å². The zero-order valence-electron chi connectivity index (χ0n) is 18.4. The normalized spacial score (nSPS) is 32.0. The SMILES string of the molecule is COc1ccc(C=CC(=O)OC2CCC(C)(C)C3C(O)C=C(C=O)C(C=O)C23C)cc1. The Bertz CT molecular complexity index is 897. The number of esters is 1. The summed E-state index contributed by atoms with van der Waals surface area (Å²) in [5, 5.41) is 10.9. The van der Waals surface area contributed by atoms with Crippen LogP contribution in [0.4, 0.5) is 0 Å². The van der Waals surface area contributed by atoms with Crippen molar-refractivity contribution in [2.45, 2.75) is 45.8 Å². The number of hydrogen-bond donors (Lipinski definition) is 1. The van der Waals surface area contributed by atoms with Crippen molar-refractivity contribution in [1.29, 1.82) is 0 Å². The first-order valence-electron chi connectivity index (χ1n) is 10.5. The van der Waals surface area contributed by atoms with Gasteiger partial charge in [-0.3, -0.25) is 4.79 Å². The van der Waals surface area contributed by atoms with Gasteiger partial charge in [-0.05, 0) is 48.1 Å². The summed E-state index contributed by atoms with van der Waals surface area (Å²) in [4.78, 5) is 36.3. The number of aliphatic hydroxyl groups excluding tert-OH is 1. The first-order chi connectivity index (χ1) is 14.7. The molecule has 2 aliphatic carbocycles. The average Bonchev–Trinajstić information content (AvgIpc) is 2.74. The molecule has 166 valence electrons. The van der Waals surface area contributed by atoms with E-state index in [9.17, 15) is 19.5 Å². The molecule has 0 bridgehead atoms. The summed E-state index contributed by atoms with van der Waals surface area (Å²) in [6, 6.07) is 7.24. The third kappa shape index (κ3) is 4.22. The van der Waals surface area contributed by atoms with Gasteiger partial charge < -0.3 is 19.4 Å². The van der Waals surface area contributed by atoms with Gasteiger partial charge in [0, 0.05) is 23.0 Å². The maximum atomic E-state index is 12.6. The van der Waals surface area contributed by atoms with Crippen LogP contribution in [0.25, 0.3) is 6.08 Å². The lowest BCUT2D eigenvalue weighted by atomic mass is 9.47. The number of carbonyl (C=O) groups is 3. The van der Waals surface area contributed by atoms with Crippen LogP contribution in [0.1, 0.15) is 39.2 Å². The highest BCUT2D eigenvalue weighted by Gasteiger charge is 2.61. The molecule has 1 fully saturated rings. The lowest BCUT2D eigenvalue weighted by molar-refractivity contribution is -0.187. The van der Waals surface area contributed by atoms with Crippen molar-refractivity contribution >= 4 is 24.6 Å². The molecule has 6 heteroatoms. The van der Waals surface area contributed by atoms with Gasteiger partial charge in [0.05, 0.1) is 19.1 Å². The molecule has 2 aliphatic rings. The summed E-state index contributed by atoms with van der Waals surface area (Å²) >= 11 is 0. The number of methoxy groups -OCH3 is 1. The smallest absolute Gasteiger partial charge is 0.331 e. The second-order valence-electron chi connectivity index (χ2n) is 9.29. The molecule has 5 atom stereocenters. The number of carbonyl (C=O) groups excluding carboxylic acids is 3. The van der Waals surface area contributed by atoms with Crippen molar-refractivity contribution in [3.8, 4) is 5.75 Å². The van der Waals surface area contributed by atoms with E-state index >= 15 is 0 Å². The zero-order valence-corrected chi connectivity index (χ0v) is 18.4. The summed E-state index contributed by atoms with van der Waals surface area (Å²) in [5.74, 6) is -0.891. The van der Waals surface area contributed by atoms with Gasteiger partial charge in [0.15, 0.2) is 0 Å². The van der Waals surface area contributed by atoms with E-state index in [1.54, 1.807) is 25.3 Å². The molecule has 1 saturated carbocycles. The number of allylic oxidation sites excluding steroid dienone is 1. The number of benzene rings is 1. The molecule has 1 aromatic rings. The summed E-state index contributed by atoms with van der Waals surface area (Å²) in [6.07, 6.45) is 5.62. The third-order valence-corrected chi connectivity index (χ3v) is 7.05. The molecular formula is C25H30O6. The second kappa shape index (κ2) is 8.79. The lowest BCUT2D eigenvalue weighted by Crippen LogP contribution is -2.61. The number of aliphatic hydroxyl groups is 1. The molecule has 0 saturated heterocycles. The van der Waals surface area contributed by atoms with E-state index in [0.29, 0.717) is 12.7 Å². The van der Waals surface area contributed by atoms with Gasteiger partial charge >= 0.3 is 5.97 Å². The van der Waals surface area contributed by atoms with E-state index in [2.05, 4.69) is 0 Å². The molecule has 5 unspecified atom stereocenters. The fourth-order valence-electron chi connectivity index (χ4n) is 5.57. The van der Waals surface area contributed by atoms with Gasteiger partial charge in [-0.25, -0.2) is 4.79 Å². The lowest BCUT2D eigenvalue weighted by Gasteiger charge is -2.59. The van der Waals surface area contributed by atoms with E-state index in [4.69, 9.17) is 9.47 Å². The molecule has 0 aromatic heterocycles. The van der Waals surface area contributed by atoms with Crippen LogP contribution in [0.3, 0.4) is 0 Å². The van der Waals surface area contributed by atoms with E-state index < -0.39 is 29.5 Å². The summed E-state index contributed by atoms with van der Waals surface area (Å²) in [7, 11) is 1.58. The monoisotopic (exact) mass is 426 g/mol. The second-order valence-corrected chi connectivity index (χ2v) is 9.29. The number of hydrogen-bond acceptors (Lipinski definition) is 6. The van der Waals surface area contributed by atoms with Crippen LogP contribution < -0.4 is 4.74 Å². The van der Waals surface area contributed by atoms with E-state index in [-0.39, 0.29) is 16.9 Å². The molecule has 31 heavy (non-hydrogen) atoms. The molecule has 6 nitrogen and oxygen atoms in total. The molecule has 1 aromatic carbocycles. The minimum atomic E-state index is -0.896. The van der Waals surface area contributed by atoms with Gasteiger partial charge in [-0.1, -0.05) is 32.9 Å². The topological polar surface area (TPSA) is 89.9 Å². The summed E-state index contributed by atoms with van der Waals surface area (Å²) in [6.45, 7) is 5.94. The van der Waals surface area contributed by atoms with Crippen molar-refractivity contribution in [2.75, 3.05) is 7.11 Å². The highest BCUT2D eigenvalue weighted by atomic mass is 16.5. The Labute approximate surface area is 182 Å². The quantitative estimate of drug-likeness (QED) is 0.426. The van der Waals surface area contributed by atoms with Crippen molar-refractivity contribution in [3.63, 3.8) is 0 Å². The summed E-state index contributed by atoms with van der Waals surface area (Å²) in [5.41, 5.74) is -0.120. The first kappa shape index (κ1) is 22.9. The molecule has 0 heterocycles. The van der Waals surface area contributed by atoms with Gasteiger partial charge in [0.25, 0.3) is 0 Å². The van der Waals surface area contributed by atoms with E-state index in [1.807, 2.05) is 32.9 Å². The molecule has 3 rings (SSSR count). The Morgan fingerprint density at radius 3 is 2.42 bits per heavy atom. The molecule has 0 amide bonds. The third-order valence-electron chi connectivity index (χ3n) is 7.05. The molecule has 0 radical (unpaired) electrons. The van der Waals surface area contributed by atoms with Gasteiger partial charge in [-0.2, -0.15) is 0 Å². The fourth-order valence-corrected chi connectivity index (χ4v) is 5.57. The fraction of sp³-hybridized carbons (Fsp3) is 0.480. The van der Waals surface area contributed by atoms with Crippen LogP contribution in [0.5, 0.6) is 5.75 Å². The standard InChI is InChI=1S/C25H30O6/c1-24(2)12-11-21(25(3)19(15-27)17(14-26)13-20(28)23(24)25)31-22(29)10-7-16-5-8-18(30-4)9-6-16/h5-10,13-15,19-21,23,28H,11-12H2,1-4H3. The van der Waals surface area contributed by atoms with E-state index in [0.717, 1.165) is 24.0 Å². The predicted molar refractivity (Wildman–Crippen MR) is 116 cm³/mol. The maximum Gasteiger partial charge on any atom is 0.331 e. The Morgan fingerprint density at radius 1 is 1.16 bits per heavy atom. The maximum absolute atomic E-state index is 12.6. The van der Waals surface area contributed by atoms with E-state index in [1.165, 1.54) is 12.2 Å². The highest BCUT2D eigenvalue weighted by molar-refractivity contribution is 5.87. The highest BCUT2D eigenvalue weighted by Crippen LogP contribution is 2.59. The Morgan fingerprint density at radius 2 is 1.84 bits per heavy atom. The van der Waals surface area contributed by atoms with Crippen molar-refractivity contribution in [1.82, 2.24) is 0 Å². The van der Waals surface area contributed by atoms with Crippen LogP contribution >= 0.6 is 0 Å². The number of fused-ring (bicyclic) bond motifs is 1. The van der Waals surface area contributed by atoms with Crippen LogP contribution in [0.2, 0.25) is 0 Å². The van der Waals surface area contributed by atoms with Crippen molar-refractivity contribution < 1.29 is 29.0 Å². The largest absolute Gasteiger partial charge is 0.497 e.